The number of ether oxygens (including phenoxy) is 1. The summed E-state index contributed by atoms with van der Waals surface area (Å²) in [6.45, 7) is 1.29. The molecule has 28 heavy (non-hydrogen) atoms. The fourth-order valence-corrected chi connectivity index (χ4v) is 4.00. The summed E-state index contributed by atoms with van der Waals surface area (Å²) in [5.41, 5.74) is 1.06. The van der Waals surface area contributed by atoms with Crippen molar-refractivity contribution in [3.8, 4) is 0 Å². The summed E-state index contributed by atoms with van der Waals surface area (Å²) in [7, 11) is 0. The number of anilines is 2. The summed E-state index contributed by atoms with van der Waals surface area (Å²) in [4.78, 5) is 38.6. The smallest absolute Gasteiger partial charge is 0.349 e. The first-order chi connectivity index (χ1) is 13.4. The number of rotatable bonds is 3. The quantitative estimate of drug-likeness (QED) is 0.685. The van der Waals surface area contributed by atoms with Crippen LogP contribution < -0.4 is 10.2 Å². The largest absolute Gasteiger partial charge is 0.448 e. The van der Waals surface area contributed by atoms with Gasteiger partial charge in [0.1, 0.15) is 17.2 Å². The number of halogens is 1. The average molecular weight is 398 g/mol. The van der Waals surface area contributed by atoms with E-state index in [0.29, 0.717) is 21.5 Å². The lowest BCUT2D eigenvalue weighted by Gasteiger charge is -2.30. The fraction of sp³-hybridized carbons (Fsp3) is 0.150. The fourth-order valence-electron chi connectivity index (χ4n) is 3.04. The molecule has 1 aromatic heterocycles. The summed E-state index contributed by atoms with van der Waals surface area (Å²) in [5.74, 6) is -1.97. The van der Waals surface area contributed by atoms with Gasteiger partial charge in [-0.05, 0) is 37.3 Å². The minimum atomic E-state index is -1.11. The number of hydrogen-bond donors (Lipinski definition) is 1. The van der Waals surface area contributed by atoms with Gasteiger partial charge in [-0.25, -0.2) is 9.18 Å². The third-order valence-corrected chi connectivity index (χ3v) is 5.46. The molecule has 1 atom stereocenters. The Labute approximate surface area is 163 Å². The highest BCUT2D eigenvalue weighted by molar-refractivity contribution is 7.20. The maximum Gasteiger partial charge on any atom is 0.349 e. The summed E-state index contributed by atoms with van der Waals surface area (Å²) in [6, 6.07) is 12.9. The van der Waals surface area contributed by atoms with Crippen LogP contribution in [-0.2, 0) is 14.3 Å². The van der Waals surface area contributed by atoms with E-state index in [1.165, 1.54) is 24.0 Å². The SMILES string of the molecule is C[C@@H](OC(=O)c1cc2c(F)cccc2s1)C(=O)N1CC(=O)Nc2ccccc21. The van der Waals surface area contributed by atoms with Crippen molar-refractivity contribution in [3.63, 3.8) is 0 Å². The van der Waals surface area contributed by atoms with Crippen LogP contribution in [0.5, 0.6) is 0 Å². The summed E-state index contributed by atoms with van der Waals surface area (Å²) in [5, 5.41) is 3.03. The second kappa shape index (κ2) is 7.05. The van der Waals surface area contributed by atoms with E-state index in [2.05, 4.69) is 5.32 Å². The zero-order valence-corrected chi connectivity index (χ0v) is 15.6. The highest BCUT2D eigenvalue weighted by atomic mass is 32.1. The highest BCUT2D eigenvalue weighted by Gasteiger charge is 2.31. The Balaban J connectivity index is 1.53. The molecule has 8 heteroatoms. The van der Waals surface area contributed by atoms with Crippen molar-refractivity contribution in [2.45, 2.75) is 13.0 Å². The number of amides is 2. The lowest BCUT2D eigenvalue weighted by Crippen LogP contribution is -2.47. The summed E-state index contributed by atoms with van der Waals surface area (Å²) in [6.07, 6.45) is -1.11. The molecule has 0 saturated carbocycles. The lowest BCUT2D eigenvalue weighted by atomic mass is 10.1. The molecule has 0 spiro atoms. The van der Waals surface area contributed by atoms with Crippen molar-refractivity contribution in [2.75, 3.05) is 16.8 Å². The van der Waals surface area contributed by atoms with Crippen LogP contribution in [0.3, 0.4) is 0 Å². The number of carbonyl (C=O) groups is 3. The van der Waals surface area contributed by atoms with Gasteiger partial charge in [-0.3, -0.25) is 14.5 Å². The maximum atomic E-state index is 13.8. The van der Waals surface area contributed by atoms with Gasteiger partial charge in [0.25, 0.3) is 5.91 Å². The van der Waals surface area contributed by atoms with Gasteiger partial charge >= 0.3 is 5.97 Å². The van der Waals surface area contributed by atoms with E-state index in [9.17, 15) is 18.8 Å². The molecule has 2 aromatic carbocycles. The standard InChI is InChI=1S/C20H15FN2O4S/c1-11(19(25)23-10-18(24)22-14-6-2-3-7-15(14)23)27-20(26)17-9-12-13(21)5-4-8-16(12)28-17/h2-9,11H,10H2,1H3,(H,22,24)/t11-/m1/s1. The van der Waals surface area contributed by atoms with Crippen molar-refractivity contribution in [2.24, 2.45) is 0 Å². The Kier molecular flexibility index (Phi) is 4.56. The predicted molar refractivity (Wildman–Crippen MR) is 104 cm³/mol. The van der Waals surface area contributed by atoms with Crippen molar-refractivity contribution >= 4 is 50.6 Å². The molecule has 1 N–H and O–H groups in total. The van der Waals surface area contributed by atoms with Gasteiger partial charge in [0.2, 0.25) is 5.91 Å². The Morgan fingerprint density at radius 3 is 2.79 bits per heavy atom. The van der Waals surface area contributed by atoms with Gasteiger partial charge < -0.3 is 10.1 Å². The van der Waals surface area contributed by atoms with Crippen LogP contribution in [0.4, 0.5) is 15.8 Å². The van der Waals surface area contributed by atoms with Gasteiger partial charge in [-0.15, -0.1) is 11.3 Å². The van der Waals surface area contributed by atoms with Crippen LogP contribution in [0.25, 0.3) is 10.1 Å². The van der Waals surface area contributed by atoms with E-state index in [1.807, 2.05) is 0 Å². The average Bonchev–Trinajstić information content (AvgIpc) is 3.12. The van der Waals surface area contributed by atoms with Crippen LogP contribution in [0.15, 0.2) is 48.5 Å². The number of fused-ring (bicyclic) bond motifs is 2. The van der Waals surface area contributed by atoms with E-state index >= 15 is 0 Å². The number of nitrogens with zero attached hydrogens (tertiary/aromatic N) is 1. The summed E-state index contributed by atoms with van der Waals surface area (Å²) < 4.78 is 19.7. The zero-order valence-electron chi connectivity index (χ0n) is 14.8. The molecule has 0 saturated heterocycles. The topological polar surface area (TPSA) is 75.7 Å². The highest BCUT2D eigenvalue weighted by Crippen LogP contribution is 2.31. The zero-order chi connectivity index (χ0) is 19.8. The van der Waals surface area contributed by atoms with E-state index in [0.717, 1.165) is 11.3 Å². The second-order valence-electron chi connectivity index (χ2n) is 6.30. The first kappa shape index (κ1) is 18.1. The van der Waals surface area contributed by atoms with Crippen molar-refractivity contribution in [3.05, 3.63) is 59.2 Å². The minimum Gasteiger partial charge on any atom is -0.448 e. The van der Waals surface area contributed by atoms with Gasteiger partial charge in [-0.1, -0.05) is 18.2 Å². The third kappa shape index (κ3) is 3.22. The van der Waals surface area contributed by atoms with E-state index in [4.69, 9.17) is 4.74 Å². The monoisotopic (exact) mass is 398 g/mol. The number of carbonyl (C=O) groups excluding carboxylic acids is 3. The van der Waals surface area contributed by atoms with Gasteiger partial charge in [0.15, 0.2) is 6.10 Å². The van der Waals surface area contributed by atoms with Crippen LogP contribution in [-0.4, -0.2) is 30.4 Å². The number of nitrogens with one attached hydrogen (secondary N) is 1. The number of benzene rings is 2. The molecule has 0 unspecified atom stereocenters. The third-order valence-electron chi connectivity index (χ3n) is 4.38. The molecule has 0 radical (unpaired) electrons. The van der Waals surface area contributed by atoms with E-state index < -0.39 is 23.8 Å². The van der Waals surface area contributed by atoms with Gasteiger partial charge in [0.05, 0.1) is 11.4 Å². The molecule has 142 valence electrons. The van der Waals surface area contributed by atoms with E-state index in [-0.39, 0.29) is 17.3 Å². The molecular formula is C20H15FN2O4S. The first-order valence-corrected chi connectivity index (χ1v) is 9.35. The Morgan fingerprint density at radius 1 is 1.21 bits per heavy atom. The molecule has 0 bridgehead atoms. The maximum absolute atomic E-state index is 13.8. The minimum absolute atomic E-state index is 0.161. The normalized spacial score (nSPS) is 14.4. The molecule has 3 aromatic rings. The molecule has 0 aliphatic carbocycles. The Morgan fingerprint density at radius 2 is 2.00 bits per heavy atom. The molecular weight excluding hydrogens is 383 g/mol. The molecule has 2 amide bonds. The van der Waals surface area contributed by atoms with Crippen molar-refractivity contribution in [1.82, 2.24) is 0 Å². The van der Waals surface area contributed by atoms with Crippen molar-refractivity contribution < 1.29 is 23.5 Å². The molecule has 4 rings (SSSR count). The molecule has 0 fully saturated rings. The molecule has 1 aliphatic heterocycles. The van der Waals surface area contributed by atoms with Crippen LogP contribution >= 0.6 is 11.3 Å². The Bertz CT molecular complexity index is 1110. The molecule has 1 aliphatic rings. The second-order valence-corrected chi connectivity index (χ2v) is 7.38. The van der Waals surface area contributed by atoms with Crippen LogP contribution in [0.2, 0.25) is 0 Å². The number of hydrogen-bond acceptors (Lipinski definition) is 5. The number of esters is 1. The van der Waals surface area contributed by atoms with Crippen LogP contribution in [0.1, 0.15) is 16.6 Å². The summed E-state index contributed by atoms with van der Waals surface area (Å²) >= 11 is 1.09. The first-order valence-electron chi connectivity index (χ1n) is 8.53. The van der Waals surface area contributed by atoms with Gasteiger partial charge in [-0.2, -0.15) is 0 Å². The van der Waals surface area contributed by atoms with Crippen LogP contribution in [0, 0.1) is 5.82 Å². The number of thiophene rings is 1. The van der Waals surface area contributed by atoms with E-state index in [1.54, 1.807) is 36.4 Å². The lowest BCUT2D eigenvalue weighted by molar-refractivity contribution is -0.128. The predicted octanol–water partition coefficient (Wildman–Crippen LogP) is 3.57. The Hall–Kier alpha value is -3.26. The molecule has 6 nitrogen and oxygen atoms in total. The molecule has 2 heterocycles. The van der Waals surface area contributed by atoms with Crippen molar-refractivity contribution in [1.29, 1.82) is 0 Å². The van der Waals surface area contributed by atoms with Gasteiger partial charge in [0, 0.05) is 10.1 Å². The number of para-hydroxylation sites is 2.